The molecule has 0 saturated carbocycles. The van der Waals surface area contributed by atoms with Gasteiger partial charge in [-0.15, -0.1) is 0 Å². The number of phenolic OH excluding ortho intramolecular Hbond substituents is 1. The summed E-state index contributed by atoms with van der Waals surface area (Å²) in [5, 5.41) is 19.1. The molecule has 1 aromatic rings. The van der Waals surface area contributed by atoms with Gasteiger partial charge in [-0.05, 0) is 32.3 Å². The molecule has 2 rings (SSSR count). The Hall–Kier alpha value is -2.50. The molecule has 6 heteroatoms. The molecular weight excluding hydrogens is 300 g/mol. The Labute approximate surface area is 134 Å². The van der Waals surface area contributed by atoms with Crippen molar-refractivity contribution in [2.75, 3.05) is 7.11 Å². The molecule has 0 bridgehead atoms. The van der Waals surface area contributed by atoms with E-state index in [2.05, 4.69) is 0 Å². The molecule has 124 valence electrons. The third-order valence-corrected chi connectivity index (χ3v) is 4.04. The normalized spacial score (nSPS) is 13.7. The summed E-state index contributed by atoms with van der Waals surface area (Å²) in [6.45, 7) is 3.80. The lowest BCUT2D eigenvalue weighted by Gasteiger charge is -2.16. The Morgan fingerprint density at radius 1 is 1.43 bits per heavy atom. The number of fused-ring (bicyclic) bond motifs is 1. The molecule has 1 aliphatic heterocycles. The van der Waals surface area contributed by atoms with Crippen LogP contribution in [-0.2, 0) is 22.6 Å². The predicted molar refractivity (Wildman–Crippen MR) is 82.8 cm³/mol. The number of allylic oxidation sites excluding steroid dienone is 1. The lowest BCUT2D eigenvalue weighted by Crippen LogP contribution is -2.04. The van der Waals surface area contributed by atoms with E-state index in [0.717, 1.165) is 11.1 Å². The highest BCUT2D eigenvalue weighted by atomic mass is 16.5. The van der Waals surface area contributed by atoms with Gasteiger partial charge in [-0.2, -0.15) is 0 Å². The van der Waals surface area contributed by atoms with Crippen LogP contribution in [-0.4, -0.2) is 29.3 Å². The number of carboxylic acid groups (broad SMARTS) is 1. The van der Waals surface area contributed by atoms with E-state index in [1.54, 1.807) is 6.08 Å². The highest BCUT2D eigenvalue weighted by Gasteiger charge is 2.31. The quantitative estimate of drug-likeness (QED) is 0.618. The van der Waals surface area contributed by atoms with Gasteiger partial charge in [0.15, 0.2) is 0 Å². The minimum Gasteiger partial charge on any atom is -0.507 e. The number of phenols is 1. The molecule has 2 N–H and O–H groups in total. The number of hydrogen-bond donors (Lipinski definition) is 2. The van der Waals surface area contributed by atoms with Gasteiger partial charge in [-0.1, -0.05) is 11.6 Å². The molecule has 1 aromatic carbocycles. The molecule has 0 amide bonds. The number of methoxy groups -OCH3 is 1. The molecule has 6 nitrogen and oxygen atoms in total. The van der Waals surface area contributed by atoms with Gasteiger partial charge in [0, 0.05) is 11.1 Å². The first-order valence-corrected chi connectivity index (χ1v) is 7.32. The van der Waals surface area contributed by atoms with Crippen LogP contribution in [0.5, 0.6) is 11.5 Å². The fourth-order valence-corrected chi connectivity index (χ4v) is 2.76. The molecule has 0 fully saturated rings. The van der Waals surface area contributed by atoms with Crippen molar-refractivity contribution < 1.29 is 29.3 Å². The van der Waals surface area contributed by atoms with E-state index in [0.29, 0.717) is 29.7 Å². The number of cyclic esters (lactones) is 1. The van der Waals surface area contributed by atoms with Gasteiger partial charge >= 0.3 is 11.9 Å². The third kappa shape index (κ3) is 3.31. The van der Waals surface area contributed by atoms with E-state index in [1.165, 1.54) is 7.11 Å². The average Bonchev–Trinajstić information content (AvgIpc) is 2.89. The number of carbonyl (C=O) groups is 2. The fourth-order valence-electron chi connectivity index (χ4n) is 2.76. The standard InChI is InChI=1S/C17H20O6/c1-9(5-7-13(18)19)4-6-11-15(20)14-12(8-23-17(14)21)10(2)16(11)22-3/h5,20H,4,6-8H2,1-3H3,(H,18,19)/b9-5+. The molecule has 0 atom stereocenters. The van der Waals surface area contributed by atoms with E-state index in [9.17, 15) is 14.7 Å². The number of rotatable bonds is 6. The monoisotopic (exact) mass is 320 g/mol. The maximum atomic E-state index is 11.8. The SMILES string of the molecule is COc1c(C)c2c(c(O)c1CC/C(C)=C/CC(=O)O)C(=O)OC2. The third-order valence-electron chi connectivity index (χ3n) is 4.04. The summed E-state index contributed by atoms with van der Waals surface area (Å²) in [4.78, 5) is 22.4. The Balaban J connectivity index is 2.33. The minimum absolute atomic E-state index is 0.0372. The first-order chi connectivity index (χ1) is 10.9. The van der Waals surface area contributed by atoms with E-state index in [-0.39, 0.29) is 24.3 Å². The number of aromatic hydroxyl groups is 1. The van der Waals surface area contributed by atoms with Crippen molar-refractivity contribution in [1.82, 2.24) is 0 Å². The molecule has 0 aliphatic carbocycles. The molecule has 0 aromatic heterocycles. The maximum absolute atomic E-state index is 11.8. The molecule has 0 spiro atoms. The van der Waals surface area contributed by atoms with Crippen molar-refractivity contribution in [2.24, 2.45) is 0 Å². The van der Waals surface area contributed by atoms with Crippen molar-refractivity contribution >= 4 is 11.9 Å². The number of benzene rings is 1. The number of carbonyl (C=O) groups excluding carboxylic acids is 1. The van der Waals surface area contributed by atoms with Gasteiger partial charge in [0.25, 0.3) is 0 Å². The predicted octanol–water partition coefficient (Wildman–Crippen LogP) is 2.73. The lowest BCUT2D eigenvalue weighted by molar-refractivity contribution is -0.136. The molecule has 23 heavy (non-hydrogen) atoms. The second-order valence-electron chi connectivity index (χ2n) is 5.56. The Morgan fingerprint density at radius 2 is 2.13 bits per heavy atom. The molecule has 0 radical (unpaired) electrons. The largest absolute Gasteiger partial charge is 0.507 e. The Morgan fingerprint density at radius 3 is 2.74 bits per heavy atom. The smallest absolute Gasteiger partial charge is 0.342 e. The topological polar surface area (TPSA) is 93.1 Å². The molecule has 1 aliphatic rings. The van der Waals surface area contributed by atoms with Crippen molar-refractivity contribution in [1.29, 1.82) is 0 Å². The van der Waals surface area contributed by atoms with Gasteiger partial charge in [-0.25, -0.2) is 4.79 Å². The molecule has 1 heterocycles. The van der Waals surface area contributed by atoms with E-state index < -0.39 is 11.9 Å². The van der Waals surface area contributed by atoms with Crippen LogP contribution < -0.4 is 4.74 Å². The minimum atomic E-state index is -0.888. The second-order valence-corrected chi connectivity index (χ2v) is 5.56. The van der Waals surface area contributed by atoms with Crippen molar-refractivity contribution in [3.05, 3.63) is 33.9 Å². The maximum Gasteiger partial charge on any atom is 0.342 e. The van der Waals surface area contributed by atoms with E-state index in [1.807, 2.05) is 13.8 Å². The van der Waals surface area contributed by atoms with Gasteiger partial charge in [0.1, 0.15) is 23.7 Å². The summed E-state index contributed by atoms with van der Waals surface area (Å²) in [7, 11) is 1.52. The van der Waals surface area contributed by atoms with Crippen LogP contribution >= 0.6 is 0 Å². The molecule has 0 unspecified atom stereocenters. The van der Waals surface area contributed by atoms with Gasteiger partial charge in [0.05, 0.1) is 13.5 Å². The lowest BCUT2D eigenvalue weighted by atomic mass is 9.93. The summed E-state index contributed by atoms with van der Waals surface area (Å²) in [6, 6.07) is 0. The van der Waals surface area contributed by atoms with Crippen molar-refractivity contribution in [3.8, 4) is 11.5 Å². The average molecular weight is 320 g/mol. The van der Waals surface area contributed by atoms with Crippen molar-refractivity contribution in [2.45, 2.75) is 39.7 Å². The summed E-state index contributed by atoms with van der Waals surface area (Å²) < 4.78 is 10.4. The fraction of sp³-hybridized carbons (Fsp3) is 0.412. The van der Waals surface area contributed by atoms with Crippen LogP contribution in [0.1, 0.15) is 46.8 Å². The first kappa shape index (κ1) is 16.9. The van der Waals surface area contributed by atoms with Gasteiger partial charge in [-0.3, -0.25) is 4.79 Å². The van der Waals surface area contributed by atoms with Crippen LogP contribution in [0, 0.1) is 6.92 Å². The zero-order valence-corrected chi connectivity index (χ0v) is 13.4. The van der Waals surface area contributed by atoms with Crippen LogP contribution in [0.15, 0.2) is 11.6 Å². The van der Waals surface area contributed by atoms with E-state index >= 15 is 0 Å². The van der Waals surface area contributed by atoms with E-state index in [4.69, 9.17) is 14.6 Å². The summed E-state index contributed by atoms with van der Waals surface area (Å²) in [6.07, 6.45) is 2.60. The summed E-state index contributed by atoms with van der Waals surface area (Å²) in [5.74, 6) is -0.967. The van der Waals surface area contributed by atoms with Gasteiger partial charge in [0.2, 0.25) is 0 Å². The second kappa shape index (κ2) is 6.73. The number of aliphatic carboxylic acids is 1. The summed E-state index contributed by atoms with van der Waals surface area (Å²) in [5.41, 5.74) is 3.10. The molecule has 0 saturated heterocycles. The van der Waals surface area contributed by atoms with Crippen LogP contribution in [0.25, 0.3) is 0 Å². The van der Waals surface area contributed by atoms with Crippen LogP contribution in [0.2, 0.25) is 0 Å². The highest BCUT2D eigenvalue weighted by Crippen LogP contribution is 2.42. The zero-order valence-electron chi connectivity index (χ0n) is 13.4. The number of carboxylic acids is 1. The first-order valence-electron chi connectivity index (χ1n) is 7.32. The molecular formula is C17H20O6. The van der Waals surface area contributed by atoms with Crippen LogP contribution in [0.3, 0.4) is 0 Å². The zero-order chi connectivity index (χ0) is 17.1. The van der Waals surface area contributed by atoms with Gasteiger partial charge < -0.3 is 19.7 Å². The number of esters is 1. The number of hydrogen-bond acceptors (Lipinski definition) is 5. The summed E-state index contributed by atoms with van der Waals surface area (Å²) >= 11 is 0. The number of ether oxygens (including phenoxy) is 2. The van der Waals surface area contributed by atoms with Crippen LogP contribution in [0.4, 0.5) is 0 Å². The Bertz CT molecular complexity index is 687. The Kier molecular flexibility index (Phi) is 4.93. The van der Waals surface area contributed by atoms with Crippen molar-refractivity contribution in [3.63, 3.8) is 0 Å². The highest BCUT2D eigenvalue weighted by molar-refractivity contribution is 5.98.